The average molecular weight is 289 g/mol. The van der Waals surface area contributed by atoms with Gasteiger partial charge < -0.3 is 10.5 Å². The molecule has 1 aromatic carbocycles. The number of thioether (sulfide) groups is 1. The van der Waals surface area contributed by atoms with Crippen LogP contribution in [-0.4, -0.2) is 22.3 Å². The monoisotopic (exact) mass is 289 g/mol. The van der Waals surface area contributed by atoms with Gasteiger partial charge in [-0.15, -0.1) is 0 Å². The predicted octanol–water partition coefficient (Wildman–Crippen LogP) is 2.98. The molecule has 4 nitrogen and oxygen atoms in total. The SMILES string of the molecule is CCOc1ccccc1C(N)CSc1ncc(C)cn1. The number of aromatic nitrogens is 2. The summed E-state index contributed by atoms with van der Waals surface area (Å²) in [5.41, 5.74) is 8.33. The fourth-order valence-corrected chi connectivity index (χ4v) is 2.55. The summed E-state index contributed by atoms with van der Waals surface area (Å²) < 4.78 is 5.61. The van der Waals surface area contributed by atoms with E-state index in [4.69, 9.17) is 10.5 Å². The average Bonchev–Trinajstić information content (AvgIpc) is 2.47. The molecule has 0 saturated carbocycles. The molecular formula is C15H19N3OS. The van der Waals surface area contributed by atoms with Gasteiger partial charge >= 0.3 is 0 Å². The molecule has 0 saturated heterocycles. The number of hydrogen-bond acceptors (Lipinski definition) is 5. The first-order chi connectivity index (χ1) is 9.70. The van der Waals surface area contributed by atoms with E-state index < -0.39 is 0 Å². The Morgan fingerprint density at radius 2 is 1.95 bits per heavy atom. The van der Waals surface area contributed by atoms with Gasteiger partial charge in [0, 0.05) is 29.8 Å². The summed E-state index contributed by atoms with van der Waals surface area (Å²) in [6.45, 7) is 4.58. The molecule has 106 valence electrons. The zero-order valence-electron chi connectivity index (χ0n) is 11.7. The lowest BCUT2D eigenvalue weighted by Gasteiger charge is -2.15. The van der Waals surface area contributed by atoms with Gasteiger partial charge in [0.2, 0.25) is 0 Å². The topological polar surface area (TPSA) is 61.0 Å². The van der Waals surface area contributed by atoms with Crippen LogP contribution in [0, 0.1) is 6.92 Å². The number of hydrogen-bond donors (Lipinski definition) is 1. The predicted molar refractivity (Wildman–Crippen MR) is 82.0 cm³/mol. The van der Waals surface area contributed by atoms with Crippen molar-refractivity contribution in [3.63, 3.8) is 0 Å². The third-order valence-electron chi connectivity index (χ3n) is 2.77. The Balaban J connectivity index is 2.01. The van der Waals surface area contributed by atoms with Crippen molar-refractivity contribution in [3.05, 3.63) is 47.8 Å². The lowest BCUT2D eigenvalue weighted by Crippen LogP contribution is -2.14. The Morgan fingerprint density at radius 3 is 2.65 bits per heavy atom. The summed E-state index contributed by atoms with van der Waals surface area (Å²) in [7, 11) is 0. The molecule has 2 rings (SSSR count). The van der Waals surface area contributed by atoms with Crippen LogP contribution in [0.4, 0.5) is 0 Å². The van der Waals surface area contributed by atoms with E-state index in [9.17, 15) is 0 Å². The first kappa shape index (κ1) is 14.8. The summed E-state index contributed by atoms with van der Waals surface area (Å²) in [6, 6.07) is 7.79. The van der Waals surface area contributed by atoms with Gasteiger partial charge in [-0.25, -0.2) is 9.97 Å². The second kappa shape index (κ2) is 7.26. The number of rotatable bonds is 6. The molecular weight excluding hydrogens is 270 g/mol. The Labute approximate surface area is 123 Å². The molecule has 1 heterocycles. The van der Waals surface area contributed by atoms with Gasteiger partial charge in [0.1, 0.15) is 5.75 Å². The molecule has 0 aliphatic heterocycles. The van der Waals surface area contributed by atoms with E-state index in [1.807, 2.05) is 50.5 Å². The van der Waals surface area contributed by atoms with Crippen molar-refractivity contribution in [2.75, 3.05) is 12.4 Å². The van der Waals surface area contributed by atoms with Crippen LogP contribution in [-0.2, 0) is 0 Å². The van der Waals surface area contributed by atoms with E-state index in [1.165, 1.54) is 0 Å². The smallest absolute Gasteiger partial charge is 0.187 e. The fraction of sp³-hybridized carbons (Fsp3) is 0.333. The Hall–Kier alpha value is -1.59. The highest BCUT2D eigenvalue weighted by atomic mass is 32.2. The molecule has 1 aromatic heterocycles. The van der Waals surface area contributed by atoms with E-state index in [0.717, 1.165) is 22.0 Å². The zero-order valence-corrected chi connectivity index (χ0v) is 12.6. The van der Waals surface area contributed by atoms with Crippen molar-refractivity contribution in [2.24, 2.45) is 5.73 Å². The van der Waals surface area contributed by atoms with Crippen molar-refractivity contribution in [1.29, 1.82) is 0 Å². The van der Waals surface area contributed by atoms with Crippen LogP contribution in [0.2, 0.25) is 0 Å². The minimum absolute atomic E-state index is 0.104. The van der Waals surface area contributed by atoms with Crippen LogP contribution in [0.1, 0.15) is 24.1 Å². The lowest BCUT2D eigenvalue weighted by atomic mass is 10.1. The van der Waals surface area contributed by atoms with Crippen molar-refractivity contribution in [2.45, 2.75) is 25.0 Å². The molecule has 1 unspecified atom stereocenters. The first-order valence-corrected chi connectivity index (χ1v) is 7.58. The summed E-state index contributed by atoms with van der Waals surface area (Å²) in [6.07, 6.45) is 3.63. The summed E-state index contributed by atoms with van der Waals surface area (Å²) in [4.78, 5) is 8.54. The fourth-order valence-electron chi connectivity index (χ4n) is 1.78. The molecule has 2 aromatic rings. The molecule has 0 amide bonds. The van der Waals surface area contributed by atoms with E-state index >= 15 is 0 Å². The van der Waals surface area contributed by atoms with E-state index in [2.05, 4.69) is 9.97 Å². The van der Waals surface area contributed by atoms with Gasteiger partial charge in [-0.2, -0.15) is 0 Å². The van der Waals surface area contributed by atoms with Crippen LogP contribution in [0.15, 0.2) is 41.8 Å². The number of aryl methyl sites for hydroxylation is 1. The van der Waals surface area contributed by atoms with Crippen LogP contribution in [0.3, 0.4) is 0 Å². The van der Waals surface area contributed by atoms with Gasteiger partial charge in [-0.3, -0.25) is 0 Å². The maximum atomic E-state index is 6.25. The van der Waals surface area contributed by atoms with Gasteiger partial charge in [0.05, 0.1) is 6.61 Å². The second-order valence-corrected chi connectivity index (χ2v) is 5.42. The molecule has 0 spiro atoms. The van der Waals surface area contributed by atoms with Crippen LogP contribution >= 0.6 is 11.8 Å². The number of para-hydroxylation sites is 1. The lowest BCUT2D eigenvalue weighted by molar-refractivity contribution is 0.335. The Bertz CT molecular complexity index is 545. The van der Waals surface area contributed by atoms with Crippen LogP contribution < -0.4 is 10.5 Å². The van der Waals surface area contributed by atoms with Crippen molar-refractivity contribution < 1.29 is 4.74 Å². The quantitative estimate of drug-likeness (QED) is 0.654. The van der Waals surface area contributed by atoms with Gasteiger partial charge in [0.25, 0.3) is 0 Å². The van der Waals surface area contributed by atoms with Crippen molar-refractivity contribution >= 4 is 11.8 Å². The normalized spacial score (nSPS) is 12.2. The van der Waals surface area contributed by atoms with Gasteiger partial charge in [-0.05, 0) is 25.5 Å². The number of nitrogens with zero attached hydrogens (tertiary/aromatic N) is 2. The standard InChI is InChI=1S/C15H19N3OS/c1-3-19-14-7-5-4-6-12(14)13(16)10-20-15-17-8-11(2)9-18-15/h4-9,13H,3,10,16H2,1-2H3. The molecule has 0 bridgehead atoms. The minimum atomic E-state index is -0.104. The molecule has 0 aliphatic carbocycles. The maximum Gasteiger partial charge on any atom is 0.187 e. The Morgan fingerprint density at radius 1 is 1.25 bits per heavy atom. The molecule has 5 heteroatoms. The van der Waals surface area contributed by atoms with Gasteiger partial charge in [-0.1, -0.05) is 30.0 Å². The summed E-state index contributed by atoms with van der Waals surface area (Å²) in [5, 5.41) is 0.750. The van der Waals surface area contributed by atoms with Crippen molar-refractivity contribution in [3.8, 4) is 5.75 Å². The third kappa shape index (κ3) is 3.95. The number of benzene rings is 1. The van der Waals surface area contributed by atoms with Crippen LogP contribution in [0.5, 0.6) is 5.75 Å². The van der Waals surface area contributed by atoms with E-state index in [1.54, 1.807) is 11.8 Å². The first-order valence-electron chi connectivity index (χ1n) is 6.59. The maximum absolute atomic E-state index is 6.25. The van der Waals surface area contributed by atoms with Crippen molar-refractivity contribution in [1.82, 2.24) is 9.97 Å². The summed E-state index contributed by atoms with van der Waals surface area (Å²) >= 11 is 1.56. The highest BCUT2D eigenvalue weighted by Gasteiger charge is 2.12. The zero-order chi connectivity index (χ0) is 14.4. The molecule has 20 heavy (non-hydrogen) atoms. The van der Waals surface area contributed by atoms with Gasteiger partial charge in [0.15, 0.2) is 5.16 Å². The second-order valence-electron chi connectivity index (χ2n) is 4.43. The Kier molecular flexibility index (Phi) is 5.38. The molecule has 0 fully saturated rings. The molecule has 2 N–H and O–H groups in total. The number of ether oxygens (including phenoxy) is 1. The summed E-state index contributed by atoms with van der Waals surface area (Å²) in [5.74, 6) is 1.57. The highest BCUT2D eigenvalue weighted by molar-refractivity contribution is 7.99. The minimum Gasteiger partial charge on any atom is -0.494 e. The van der Waals surface area contributed by atoms with Crippen LogP contribution in [0.25, 0.3) is 0 Å². The number of nitrogens with two attached hydrogens (primary N) is 1. The van der Waals surface area contributed by atoms with E-state index in [0.29, 0.717) is 12.4 Å². The largest absolute Gasteiger partial charge is 0.494 e. The highest BCUT2D eigenvalue weighted by Crippen LogP contribution is 2.27. The molecule has 1 atom stereocenters. The molecule has 0 radical (unpaired) electrons. The third-order valence-corrected chi connectivity index (χ3v) is 3.76. The van der Waals surface area contributed by atoms with E-state index in [-0.39, 0.29) is 6.04 Å². The molecule has 0 aliphatic rings.